The van der Waals surface area contributed by atoms with Gasteiger partial charge < -0.3 is 15.5 Å². The maximum absolute atomic E-state index is 9.63. The molecule has 0 aliphatic rings. The Hall–Kier alpha value is -2.97. The maximum atomic E-state index is 9.63. The fourth-order valence-corrected chi connectivity index (χ4v) is 2.00. The molecule has 22 heavy (non-hydrogen) atoms. The first-order valence-electron chi connectivity index (χ1n) is 6.18. The van der Waals surface area contributed by atoms with Gasteiger partial charge in [0, 0.05) is 22.7 Å². The number of anilines is 2. The van der Waals surface area contributed by atoms with Crippen LogP contribution in [0.4, 0.5) is 11.5 Å². The van der Waals surface area contributed by atoms with E-state index in [0.717, 1.165) is 11.3 Å². The van der Waals surface area contributed by atoms with Gasteiger partial charge in [0.05, 0.1) is 5.52 Å². The minimum Gasteiger partial charge on any atom is -0.504 e. The third-order valence-electron chi connectivity index (χ3n) is 3.02. The first kappa shape index (κ1) is 15.4. The SMILES string of the molecule is C#Cc1cccc(Nc2ncnc3cc(O)c(O)cc23)c1.Cl. The Labute approximate surface area is 133 Å². The molecule has 110 valence electrons. The van der Waals surface area contributed by atoms with E-state index >= 15 is 0 Å². The third kappa shape index (κ3) is 2.87. The summed E-state index contributed by atoms with van der Waals surface area (Å²) in [5.74, 6) is 2.63. The minimum atomic E-state index is -0.224. The smallest absolute Gasteiger partial charge is 0.159 e. The van der Waals surface area contributed by atoms with E-state index in [2.05, 4.69) is 21.2 Å². The van der Waals surface area contributed by atoms with Gasteiger partial charge in [0.15, 0.2) is 11.5 Å². The number of hydrogen-bond acceptors (Lipinski definition) is 5. The number of nitrogens with zero attached hydrogens (tertiary/aromatic N) is 2. The molecule has 3 N–H and O–H groups in total. The van der Waals surface area contributed by atoms with Gasteiger partial charge in [0.1, 0.15) is 12.1 Å². The lowest BCUT2D eigenvalue weighted by Gasteiger charge is -2.09. The lowest BCUT2D eigenvalue weighted by molar-refractivity contribution is 0.405. The van der Waals surface area contributed by atoms with Crippen molar-refractivity contribution in [1.29, 1.82) is 0 Å². The van der Waals surface area contributed by atoms with Gasteiger partial charge in [0.2, 0.25) is 0 Å². The summed E-state index contributed by atoms with van der Waals surface area (Å²) in [4.78, 5) is 8.23. The Morgan fingerprint density at radius 2 is 1.82 bits per heavy atom. The predicted octanol–water partition coefficient (Wildman–Crippen LogP) is 3.19. The van der Waals surface area contributed by atoms with Crippen LogP contribution in [0.2, 0.25) is 0 Å². The van der Waals surface area contributed by atoms with Gasteiger partial charge in [0.25, 0.3) is 0 Å². The topological polar surface area (TPSA) is 78.3 Å². The van der Waals surface area contributed by atoms with Crippen molar-refractivity contribution >= 4 is 34.8 Å². The predicted molar refractivity (Wildman–Crippen MR) is 87.8 cm³/mol. The van der Waals surface area contributed by atoms with Crippen molar-refractivity contribution in [2.75, 3.05) is 5.32 Å². The molecule has 0 saturated carbocycles. The summed E-state index contributed by atoms with van der Waals surface area (Å²) in [6, 6.07) is 10.1. The van der Waals surface area contributed by atoms with Gasteiger partial charge in [-0.05, 0) is 24.3 Å². The zero-order valence-electron chi connectivity index (χ0n) is 11.3. The van der Waals surface area contributed by atoms with Crippen molar-refractivity contribution in [2.24, 2.45) is 0 Å². The highest BCUT2D eigenvalue weighted by Crippen LogP contribution is 2.32. The number of rotatable bonds is 2. The summed E-state index contributed by atoms with van der Waals surface area (Å²) in [5, 5.41) is 22.9. The van der Waals surface area contributed by atoms with Crippen LogP contribution in [0.5, 0.6) is 11.5 Å². The average Bonchev–Trinajstić information content (AvgIpc) is 2.49. The van der Waals surface area contributed by atoms with Gasteiger partial charge in [-0.1, -0.05) is 12.0 Å². The second-order valence-electron chi connectivity index (χ2n) is 4.43. The molecule has 0 bridgehead atoms. The number of phenols is 2. The van der Waals surface area contributed by atoms with Gasteiger partial charge in [-0.25, -0.2) is 9.97 Å². The summed E-state index contributed by atoms with van der Waals surface area (Å²) in [5.41, 5.74) is 2.05. The normalized spacial score (nSPS) is 9.77. The van der Waals surface area contributed by atoms with Crippen molar-refractivity contribution in [1.82, 2.24) is 9.97 Å². The Morgan fingerprint density at radius 3 is 2.59 bits per heavy atom. The quantitative estimate of drug-likeness (QED) is 0.500. The summed E-state index contributed by atoms with van der Waals surface area (Å²) in [7, 11) is 0. The maximum Gasteiger partial charge on any atom is 0.159 e. The van der Waals surface area contributed by atoms with Crippen LogP contribution < -0.4 is 5.32 Å². The highest BCUT2D eigenvalue weighted by molar-refractivity contribution is 5.92. The van der Waals surface area contributed by atoms with E-state index in [-0.39, 0.29) is 23.9 Å². The van der Waals surface area contributed by atoms with E-state index in [1.54, 1.807) is 0 Å². The molecule has 6 heteroatoms. The van der Waals surface area contributed by atoms with Crippen LogP contribution in [0.1, 0.15) is 5.56 Å². The van der Waals surface area contributed by atoms with Crippen molar-refractivity contribution in [2.45, 2.75) is 0 Å². The third-order valence-corrected chi connectivity index (χ3v) is 3.02. The van der Waals surface area contributed by atoms with Crippen LogP contribution >= 0.6 is 12.4 Å². The zero-order valence-corrected chi connectivity index (χ0v) is 12.1. The number of nitrogens with one attached hydrogen (secondary N) is 1. The van der Waals surface area contributed by atoms with Crippen molar-refractivity contribution in [3.8, 4) is 23.8 Å². The number of hydrogen-bond donors (Lipinski definition) is 3. The fraction of sp³-hybridized carbons (Fsp3) is 0. The minimum absolute atomic E-state index is 0. The Kier molecular flexibility index (Phi) is 4.35. The van der Waals surface area contributed by atoms with Crippen molar-refractivity contribution < 1.29 is 10.2 Å². The van der Waals surface area contributed by atoms with Crippen molar-refractivity contribution in [3.63, 3.8) is 0 Å². The number of phenolic OH excluding ortho intramolecular Hbond substituents is 2. The Balaban J connectivity index is 0.00000176. The molecule has 0 spiro atoms. The molecule has 1 aromatic heterocycles. The molecule has 0 aliphatic carbocycles. The summed E-state index contributed by atoms with van der Waals surface area (Å²) in [6.45, 7) is 0. The number of benzene rings is 2. The molecule has 5 nitrogen and oxygen atoms in total. The van der Waals surface area contributed by atoms with Crippen LogP contribution in [-0.4, -0.2) is 20.2 Å². The van der Waals surface area contributed by atoms with E-state index < -0.39 is 0 Å². The van der Waals surface area contributed by atoms with Crippen molar-refractivity contribution in [3.05, 3.63) is 48.3 Å². The molecule has 3 aromatic rings. The number of fused-ring (bicyclic) bond motifs is 1. The number of halogens is 1. The summed E-state index contributed by atoms with van der Waals surface area (Å²) in [6.07, 6.45) is 6.76. The lowest BCUT2D eigenvalue weighted by Crippen LogP contribution is -1.96. The molecule has 2 aromatic carbocycles. The molecule has 0 saturated heterocycles. The molecule has 3 rings (SSSR count). The Bertz CT molecular complexity index is 875. The molecule has 1 heterocycles. The van der Waals surface area contributed by atoms with Gasteiger partial charge in [-0.2, -0.15) is 0 Å². The number of terminal acetylenes is 1. The molecular weight excluding hydrogens is 302 g/mol. The van der Waals surface area contributed by atoms with E-state index in [0.29, 0.717) is 16.7 Å². The standard InChI is InChI=1S/C16H11N3O2.ClH/c1-2-10-4-3-5-11(6-10)19-16-12-7-14(20)15(21)8-13(12)17-9-18-16;/h1,3-9,20-21H,(H,17,18,19);1H. The zero-order chi connectivity index (χ0) is 14.8. The monoisotopic (exact) mass is 313 g/mol. The highest BCUT2D eigenvalue weighted by atomic mass is 35.5. The molecule has 0 amide bonds. The molecule has 0 fully saturated rings. The first-order chi connectivity index (χ1) is 10.2. The second-order valence-corrected chi connectivity index (χ2v) is 4.43. The van der Waals surface area contributed by atoms with E-state index in [1.165, 1.54) is 18.5 Å². The second kappa shape index (κ2) is 6.20. The van der Waals surface area contributed by atoms with Crippen LogP contribution in [0, 0.1) is 12.3 Å². The molecular formula is C16H12ClN3O2. The van der Waals surface area contributed by atoms with Gasteiger partial charge in [-0.3, -0.25) is 0 Å². The van der Waals surface area contributed by atoms with Gasteiger partial charge in [-0.15, -0.1) is 18.8 Å². The van der Waals surface area contributed by atoms with Crippen LogP contribution in [0.3, 0.4) is 0 Å². The lowest BCUT2D eigenvalue weighted by atomic mass is 10.2. The number of aromatic nitrogens is 2. The van der Waals surface area contributed by atoms with Crippen LogP contribution in [-0.2, 0) is 0 Å². The van der Waals surface area contributed by atoms with Crippen LogP contribution in [0.25, 0.3) is 10.9 Å². The van der Waals surface area contributed by atoms with E-state index in [1.807, 2.05) is 24.3 Å². The highest BCUT2D eigenvalue weighted by Gasteiger charge is 2.08. The van der Waals surface area contributed by atoms with Gasteiger partial charge >= 0.3 is 0 Å². The molecule has 0 radical (unpaired) electrons. The largest absolute Gasteiger partial charge is 0.504 e. The molecule has 0 atom stereocenters. The molecule has 0 unspecified atom stereocenters. The summed E-state index contributed by atoms with van der Waals surface area (Å²) < 4.78 is 0. The number of aromatic hydroxyl groups is 2. The Morgan fingerprint density at radius 1 is 1.05 bits per heavy atom. The van der Waals surface area contributed by atoms with E-state index in [4.69, 9.17) is 6.42 Å². The van der Waals surface area contributed by atoms with Crippen LogP contribution in [0.15, 0.2) is 42.7 Å². The summed E-state index contributed by atoms with van der Waals surface area (Å²) >= 11 is 0. The fourth-order valence-electron chi connectivity index (χ4n) is 2.00. The first-order valence-corrected chi connectivity index (χ1v) is 6.18. The van der Waals surface area contributed by atoms with E-state index in [9.17, 15) is 10.2 Å². The molecule has 0 aliphatic heterocycles. The average molecular weight is 314 g/mol.